The number of pyridine rings is 1. The van der Waals surface area contributed by atoms with Crippen LogP contribution in [0.4, 0.5) is 10.1 Å². The van der Waals surface area contributed by atoms with Gasteiger partial charge in [0.2, 0.25) is 5.88 Å². The fourth-order valence-corrected chi connectivity index (χ4v) is 4.90. The number of H-pyrrole nitrogens is 1. The van der Waals surface area contributed by atoms with Crippen LogP contribution in [0.1, 0.15) is 22.7 Å². The van der Waals surface area contributed by atoms with Crippen molar-refractivity contribution in [2.45, 2.75) is 18.6 Å². The fraction of sp³-hybridized carbons (Fsp3) is 0.161. The van der Waals surface area contributed by atoms with E-state index >= 15 is 0 Å². The van der Waals surface area contributed by atoms with Crippen molar-refractivity contribution in [2.24, 2.45) is 0 Å². The second-order valence-electron chi connectivity index (χ2n) is 9.43. The molecule has 38 heavy (non-hydrogen) atoms. The van der Waals surface area contributed by atoms with Gasteiger partial charge >= 0.3 is 0 Å². The Hall–Kier alpha value is -4.67. The highest BCUT2D eigenvalue weighted by atomic mass is 19.1. The van der Waals surface area contributed by atoms with Gasteiger partial charge in [-0.3, -0.25) is 0 Å². The Bertz CT molecular complexity index is 1610. The smallest absolute Gasteiger partial charge is 0.237 e. The van der Waals surface area contributed by atoms with Crippen LogP contribution in [0.5, 0.6) is 5.88 Å². The number of halogens is 1. The van der Waals surface area contributed by atoms with E-state index in [1.807, 2.05) is 54.6 Å². The van der Waals surface area contributed by atoms with Gasteiger partial charge in [-0.2, -0.15) is 5.26 Å². The number of benzene rings is 3. The Balaban J connectivity index is 1.19. The Labute approximate surface area is 220 Å². The highest BCUT2D eigenvalue weighted by molar-refractivity contribution is 5.86. The molecule has 3 heterocycles. The maximum absolute atomic E-state index is 13.6. The molecule has 0 bridgehead atoms. The zero-order chi connectivity index (χ0) is 25.9. The summed E-state index contributed by atoms with van der Waals surface area (Å²) >= 11 is 0. The number of hydrogen-bond acceptors (Lipinski definition) is 5. The van der Waals surface area contributed by atoms with Crippen molar-refractivity contribution < 1.29 is 9.13 Å². The molecule has 0 amide bonds. The van der Waals surface area contributed by atoms with E-state index in [9.17, 15) is 4.39 Å². The summed E-state index contributed by atoms with van der Waals surface area (Å²) in [5.74, 6) is 0.299. The van der Waals surface area contributed by atoms with Crippen molar-refractivity contribution in [3.63, 3.8) is 0 Å². The summed E-state index contributed by atoms with van der Waals surface area (Å²) in [6.07, 6.45) is 2.45. The average molecular weight is 504 g/mol. The number of aromatic amines is 1. The quantitative estimate of drug-likeness (QED) is 0.254. The van der Waals surface area contributed by atoms with Gasteiger partial charge in [-0.25, -0.2) is 9.37 Å². The first-order valence-corrected chi connectivity index (χ1v) is 12.6. The molecule has 0 fully saturated rings. The lowest BCUT2D eigenvalue weighted by Crippen LogP contribution is -2.43. The van der Waals surface area contributed by atoms with Gasteiger partial charge in [-0.15, -0.1) is 0 Å². The lowest BCUT2D eigenvalue weighted by atomic mass is 9.99. The summed E-state index contributed by atoms with van der Waals surface area (Å²) in [7, 11) is 0. The van der Waals surface area contributed by atoms with Crippen molar-refractivity contribution in [1.82, 2.24) is 15.3 Å². The largest absolute Gasteiger partial charge is 0.469 e. The van der Waals surface area contributed by atoms with E-state index in [2.05, 4.69) is 38.8 Å². The molecule has 2 aromatic heterocycles. The Morgan fingerprint density at radius 3 is 2.71 bits per heavy atom. The number of rotatable bonds is 7. The molecule has 5 aromatic rings. The second-order valence-corrected chi connectivity index (χ2v) is 9.43. The summed E-state index contributed by atoms with van der Waals surface area (Å²) in [5.41, 5.74) is 6.45. The van der Waals surface area contributed by atoms with Gasteiger partial charge in [0.25, 0.3) is 0 Å². The van der Waals surface area contributed by atoms with E-state index in [0.717, 1.165) is 46.4 Å². The van der Waals surface area contributed by atoms with E-state index < -0.39 is 0 Å². The Kier molecular flexibility index (Phi) is 6.47. The van der Waals surface area contributed by atoms with Gasteiger partial charge < -0.3 is 20.4 Å². The Morgan fingerprint density at radius 2 is 1.89 bits per heavy atom. The molecule has 2 atom stereocenters. The van der Waals surface area contributed by atoms with Gasteiger partial charge in [-0.1, -0.05) is 42.5 Å². The van der Waals surface area contributed by atoms with Gasteiger partial charge in [-0.05, 0) is 66.6 Å². The first-order chi connectivity index (χ1) is 18.7. The molecule has 0 aliphatic carbocycles. The lowest BCUT2D eigenvalue weighted by Gasteiger charge is -2.33. The van der Waals surface area contributed by atoms with Crippen LogP contribution >= 0.6 is 0 Å². The molecule has 188 valence electrons. The van der Waals surface area contributed by atoms with E-state index in [4.69, 9.17) is 10.00 Å². The average Bonchev–Trinajstić information content (AvgIpc) is 3.39. The van der Waals surface area contributed by atoms with Crippen LogP contribution in [-0.4, -0.2) is 29.2 Å². The SMILES string of the molecule is N#Cc1ccc(CCN[C@H](c2ccccc2)[C@@H]2CNc3cc(-c4cc5cc(F)ccc5[nH]4)cnc3O2)cc1. The first-order valence-electron chi connectivity index (χ1n) is 12.6. The first kappa shape index (κ1) is 23.7. The third kappa shape index (κ3) is 4.95. The minimum absolute atomic E-state index is 0.0414. The minimum atomic E-state index is -0.258. The van der Waals surface area contributed by atoms with Crippen molar-refractivity contribution in [2.75, 3.05) is 18.4 Å². The molecule has 3 aromatic carbocycles. The monoisotopic (exact) mass is 503 g/mol. The predicted molar refractivity (Wildman–Crippen MR) is 146 cm³/mol. The molecule has 7 heteroatoms. The predicted octanol–water partition coefficient (Wildman–Crippen LogP) is 5.99. The van der Waals surface area contributed by atoms with Crippen molar-refractivity contribution in [1.29, 1.82) is 5.26 Å². The van der Waals surface area contributed by atoms with E-state index in [0.29, 0.717) is 18.0 Å². The zero-order valence-corrected chi connectivity index (χ0v) is 20.6. The molecule has 0 unspecified atom stereocenters. The van der Waals surface area contributed by atoms with Crippen LogP contribution in [0.15, 0.2) is 91.1 Å². The van der Waals surface area contributed by atoms with Crippen molar-refractivity contribution in [3.8, 4) is 23.2 Å². The third-order valence-electron chi connectivity index (χ3n) is 6.89. The topological polar surface area (TPSA) is 85.8 Å². The number of anilines is 1. The number of ether oxygens (including phenoxy) is 1. The molecule has 3 N–H and O–H groups in total. The highest BCUT2D eigenvalue weighted by Gasteiger charge is 2.29. The molecule has 6 rings (SSSR count). The van der Waals surface area contributed by atoms with Crippen LogP contribution in [0.25, 0.3) is 22.2 Å². The van der Waals surface area contributed by atoms with E-state index in [1.54, 1.807) is 12.3 Å². The van der Waals surface area contributed by atoms with Gasteiger partial charge in [0.15, 0.2) is 0 Å². The zero-order valence-electron chi connectivity index (χ0n) is 20.6. The summed E-state index contributed by atoms with van der Waals surface area (Å²) in [4.78, 5) is 7.96. The maximum Gasteiger partial charge on any atom is 0.237 e. The minimum Gasteiger partial charge on any atom is -0.469 e. The number of fused-ring (bicyclic) bond motifs is 2. The fourth-order valence-electron chi connectivity index (χ4n) is 4.90. The molecule has 1 aliphatic heterocycles. The molecule has 0 saturated carbocycles. The normalized spacial score (nSPS) is 15.2. The number of hydrogen-bond donors (Lipinski definition) is 3. The molecule has 1 aliphatic rings. The number of nitrogens with zero attached hydrogens (tertiary/aromatic N) is 2. The van der Waals surface area contributed by atoms with Gasteiger partial charge in [0, 0.05) is 28.4 Å². The summed E-state index contributed by atoms with van der Waals surface area (Å²) < 4.78 is 20.0. The maximum atomic E-state index is 13.6. The number of nitrogens with one attached hydrogen (secondary N) is 3. The van der Waals surface area contributed by atoms with Gasteiger partial charge in [0.1, 0.15) is 11.9 Å². The van der Waals surface area contributed by atoms with Crippen LogP contribution in [0.2, 0.25) is 0 Å². The standard InChI is InChI=1S/C31H26FN5O/c32-25-10-11-26-23(14-25)15-27(37-26)24-16-28-31(36-18-24)38-29(19-35-28)30(22-4-2-1-3-5-22)34-13-12-20-6-8-21(17-33)9-7-20/h1-11,14-16,18,29-30,34-35,37H,12-13,19H2/t29-,30+/m0/s1. The van der Waals surface area contributed by atoms with Crippen molar-refractivity contribution >= 4 is 16.6 Å². The van der Waals surface area contributed by atoms with Crippen LogP contribution in [-0.2, 0) is 6.42 Å². The highest BCUT2D eigenvalue weighted by Crippen LogP contribution is 2.34. The molecular formula is C31H26FN5O. The van der Waals surface area contributed by atoms with Crippen LogP contribution in [0.3, 0.4) is 0 Å². The summed E-state index contributed by atoms with van der Waals surface area (Å²) in [6, 6.07) is 28.7. The van der Waals surface area contributed by atoms with Crippen LogP contribution < -0.4 is 15.4 Å². The number of aromatic nitrogens is 2. The molecule has 6 nitrogen and oxygen atoms in total. The molecule has 0 saturated heterocycles. The summed E-state index contributed by atoms with van der Waals surface area (Å²) in [5, 5.41) is 17.0. The van der Waals surface area contributed by atoms with E-state index in [-0.39, 0.29) is 18.0 Å². The number of nitriles is 1. The second kappa shape index (κ2) is 10.4. The van der Waals surface area contributed by atoms with Crippen LogP contribution in [0, 0.1) is 17.1 Å². The van der Waals surface area contributed by atoms with Gasteiger partial charge in [0.05, 0.1) is 29.9 Å². The Morgan fingerprint density at radius 1 is 1.05 bits per heavy atom. The molecule has 0 spiro atoms. The third-order valence-corrected chi connectivity index (χ3v) is 6.89. The van der Waals surface area contributed by atoms with Crippen molar-refractivity contribution in [3.05, 3.63) is 114 Å². The molecule has 0 radical (unpaired) electrons. The van der Waals surface area contributed by atoms with E-state index in [1.165, 1.54) is 17.7 Å². The lowest BCUT2D eigenvalue weighted by molar-refractivity contribution is 0.150. The molecular weight excluding hydrogens is 477 g/mol. The summed E-state index contributed by atoms with van der Waals surface area (Å²) in [6.45, 7) is 1.37.